The number of carboxylic acid groups (broad SMARTS) is 1. The van der Waals surface area contributed by atoms with Crippen molar-refractivity contribution in [2.75, 3.05) is 0 Å². The van der Waals surface area contributed by atoms with E-state index in [1.807, 2.05) is 0 Å². The lowest BCUT2D eigenvalue weighted by Gasteiger charge is -2.24. The molecule has 1 rings (SSSR count). The van der Waals surface area contributed by atoms with E-state index < -0.39 is 5.97 Å². The fourth-order valence-corrected chi connectivity index (χ4v) is 3.71. The number of unbranched alkanes of at least 4 members (excludes halogenated alkanes) is 7. The molecule has 0 spiro atoms. The SMILES string of the molecule is CCCCCCCCCCC1(C(=O)O)CCC(CC)C1. The normalized spacial score (nSPS) is 26.0. The van der Waals surface area contributed by atoms with Crippen LogP contribution in [0.3, 0.4) is 0 Å². The second-order valence-electron chi connectivity index (χ2n) is 6.83. The number of rotatable bonds is 11. The Labute approximate surface area is 125 Å². The van der Waals surface area contributed by atoms with Crippen LogP contribution in [-0.4, -0.2) is 11.1 Å². The van der Waals surface area contributed by atoms with Gasteiger partial charge in [-0.25, -0.2) is 0 Å². The van der Waals surface area contributed by atoms with Gasteiger partial charge in [0.2, 0.25) is 0 Å². The summed E-state index contributed by atoms with van der Waals surface area (Å²) in [7, 11) is 0. The minimum absolute atomic E-state index is 0.372. The number of hydrogen-bond acceptors (Lipinski definition) is 1. The predicted molar refractivity (Wildman–Crippen MR) is 84.9 cm³/mol. The number of aliphatic carboxylic acids is 1. The van der Waals surface area contributed by atoms with E-state index in [0.29, 0.717) is 5.92 Å². The summed E-state index contributed by atoms with van der Waals surface area (Å²) < 4.78 is 0. The van der Waals surface area contributed by atoms with Gasteiger partial charge in [0.1, 0.15) is 0 Å². The molecule has 118 valence electrons. The zero-order valence-corrected chi connectivity index (χ0v) is 13.6. The Morgan fingerprint density at radius 2 is 1.65 bits per heavy atom. The molecule has 1 fully saturated rings. The van der Waals surface area contributed by atoms with Crippen LogP contribution in [0, 0.1) is 11.3 Å². The first-order chi connectivity index (χ1) is 9.64. The molecule has 0 aromatic rings. The molecular weight excluding hydrogens is 248 g/mol. The van der Waals surface area contributed by atoms with Crippen LogP contribution < -0.4 is 0 Å². The summed E-state index contributed by atoms with van der Waals surface area (Å²) in [5, 5.41) is 9.58. The summed E-state index contributed by atoms with van der Waals surface area (Å²) in [6, 6.07) is 0. The molecular formula is C18H34O2. The molecule has 0 aromatic heterocycles. The zero-order valence-electron chi connectivity index (χ0n) is 13.6. The number of carbonyl (C=O) groups is 1. The van der Waals surface area contributed by atoms with E-state index in [4.69, 9.17) is 0 Å². The molecule has 1 N–H and O–H groups in total. The molecule has 0 saturated heterocycles. The summed E-state index contributed by atoms with van der Waals surface area (Å²) >= 11 is 0. The molecule has 1 aliphatic carbocycles. The van der Waals surface area contributed by atoms with Gasteiger partial charge in [-0.1, -0.05) is 71.6 Å². The lowest BCUT2D eigenvalue weighted by Crippen LogP contribution is -2.28. The Balaban J connectivity index is 2.16. The molecule has 0 aliphatic heterocycles. The summed E-state index contributed by atoms with van der Waals surface area (Å²) in [5.41, 5.74) is -0.372. The first kappa shape index (κ1) is 17.5. The lowest BCUT2D eigenvalue weighted by molar-refractivity contribution is -0.149. The quantitative estimate of drug-likeness (QED) is 0.486. The van der Waals surface area contributed by atoms with E-state index in [0.717, 1.165) is 38.5 Å². The molecule has 0 aromatic carbocycles. The van der Waals surface area contributed by atoms with Crippen LogP contribution in [0.15, 0.2) is 0 Å². The molecule has 20 heavy (non-hydrogen) atoms. The highest BCUT2D eigenvalue weighted by atomic mass is 16.4. The van der Waals surface area contributed by atoms with Crippen LogP contribution >= 0.6 is 0 Å². The Morgan fingerprint density at radius 1 is 1.05 bits per heavy atom. The average Bonchev–Trinajstić information content (AvgIpc) is 2.87. The maximum Gasteiger partial charge on any atom is 0.309 e. The maximum absolute atomic E-state index is 11.6. The molecule has 2 nitrogen and oxygen atoms in total. The summed E-state index contributed by atoms with van der Waals surface area (Å²) in [4.78, 5) is 11.6. The second kappa shape index (κ2) is 9.41. The van der Waals surface area contributed by atoms with Gasteiger partial charge in [-0.05, 0) is 31.6 Å². The fourth-order valence-electron chi connectivity index (χ4n) is 3.71. The van der Waals surface area contributed by atoms with E-state index in [1.54, 1.807) is 0 Å². The van der Waals surface area contributed by atoms with Gasteiger partial charge in [0.25, 0.3) is 0 Å². The molecule has 1 aliphatic rings. The van der Waals surface area contributed by atoms with Crippen LogP contribution in [0.25, 0.3) is 0 Å². The standard InChI is InChI=1S/C18H34O2/c1-3-5-6-7-8-9-10-11-13-18(17(19)20)14-12-16(4-2)15-18/h16H,3-15H2,1-2H3,(H,19,20). The van der Waals surface area contributed by atoms with Crippen molar-refractivity contribution in [2.24, 2.45) is 11.3 Å². The second-order valence-corrected chi connectivity index (χ2v) is 6.83. The Kier molecular flexibility index (Phi) is 8.25. The van der Waals surface area contributed by atoms with E-state index in [2.05, 4.69) is 13.8 Å². The van der Waals surface area contributed by atoms with Gasteiger partial charge in [0.15, 0.2) is 0 Å². The van der Waals surface area contributed by atoms with Gasteiger partial charge >= 0.3 is 5.97 Å². The number of hydrogen-bond donors (Lipinski definition) is 1. The topological polar surface area (TPSA) is 37.3 Å². The smallest absolute Gasteiger partial charge is 0.309 e. The van der Waals surface area contributed by atoms with Crippen molar-refractivity contribution in [1.82, 2.24) is 0 Å². The van der Waals surface area contributed by atoms with Crippen LogP contribution in [0.1, 0.15) is 97.3 Å². The predicted octanol–water partition coefficient (Wildman–Crippen LogP) is 5.80. The minimum atomic E-state index is -0.531. The van der Waals surface area contributed by atoms with Crippen molar-refractivity contribution >= 4 is 5.97 Å². The molecule has 0 bridgehead atoms. The third-order valence-corrected chi connectivity index (χ3v) is 5.25. The van der Waals surface area contributed by atoms with Crippen LogP contribution in [0.4, 0.5) is 0 Å². The minimum Gasteiger partial charge on any atom is -0.481 e. The highest BCUT2D eigenvalue weighted by Gasteiger charge is 2.44. The summed E-state index contributed by atoms with van der Waals surface area (Å²) in [5.74, 6) is 0.122. The largest absolute Gasteiger partial charge is 0.481 e. The lowest BCUT2D eigenvalue weighted by atomic mass is 9.80. The van der Waals surface area contributed by atoms with Gasteiger partial charge in [-0.3, -0.25) is 4.79 Å². The van der Waals surface area contributed by atoms with Crippen molar-refractivity contribution in [3.05, 3.63) is 0 Å². The van der Waals surface area contributed by atoms with Gasteiger partial charge in [0, 0.05) is 0 Å². The van der Waals surface area contributed by atoms with Gasteiger partial charge in [-0.15, -0.1) is 0 Å². The summed E-state index contributed by atoms with van der Waals surface area (Å²) in [6.07, 6.45) is 15.4. The third-order valence-electron chi connectivity index (χ3n) is 5.25. The summed E-state index contributed by atoms with van der Waals surface area (Å²) in [6.45, 7) is 4.44. The van der Waals surface area contributed by atoms with Crippen LogP contribution in [-0.2, 0) is 4.79 Å². The molecule has 2 heteroatoms. The van der Waals surface area contributed by atoms with Crippen molar-refractivity contribution in [2.45, 2.75) is 97.3 Å². The molecule has 2 unspecified atom stereocenters. The van der Waals surface area contributed by atoms with Crippen molar-refractivity contribution in [1.29, 1.82) is 0 Å². The number of carboxylic acids is 1. The van der Waals surface area contributed by atoms with E-state index >= 15 is 0 Å². The Bertz CT molecular complexity index is 275. The maximum atomic E-state index is 11.6. The van der Waals surface area contributed by atoms with E-state index in [9.17, 15) is 9.90 Å². The Hall–Kier alpha value is -0.530. The molecule has 0 radical (unpaired) electrons. The highest BCUT2D eigenvalue weighted by molar-refractivity contribution is 5.75. The van der Waals surface area contributed by atoms with E-state index in [-0.39, 0.29) is 5.41 Å². The molecule has 0 heterocycles. The van der Waals surface area contributed by atoms with Crippen LogP contribution in [0.5, 0.6) is 0 Å². The molecule has 2 atom stereocenters. The monoisotopic (exact) mass is 282 g/mol. The van der Waals surface area contributed by atoms with Crippen molar-refractivity contribution in [3.8, 4) is 0 Å². The zero-order chi connectivity index (χ0) is 14.8. The first-order valence-corrected chi connectivity index (χ1v) is 8.88. The van der Waals surface area contributed by atoms with Crippen LogP contribution in [0.2, 0.25) is 0 Å². The van der Waals surface area contributed by atoms with Gasteiger partial charge in [0.05, 0.1) is 5.41 Å². The van der Waals surface area contributed by atoms with Crippen molar-refractivity contribution < 1.29 is 9.90 Å². The first-order valence-electron chi connectivity index (χ1n) is 8.88. The fraction of sp³-hybridized carbons (Fsp3) is 0.944. The molecule has 0 amide bonds. The van der Waals surface area contributed by atoms with Gasteiger partial charge in [-0.2, -0.15) is 0 Å². The molecule has 1 saturated carbocycles. The third kappa shape index (κ3) is 5.46. The van der Waals surface area contributed by atoms with Gasteiger partial charge < -0.3 is 5.11 Å². The Morgan fingerprint density at radius 3 is 2.15 bits per heavy atom. The van der Waals surface area contributed by atoms with Crippen molar-refractivity contribution in [3.63, 3.8) is 0 Å². The average molecular weight is 282 g/mol. The van der Waals surface area contributed by atoms with E-state index in [1.165, 1.54) is 44.9 Å². The highest BCUT2D eigenvalue weighted by Crippen LogP contribution is 2.46.